The molecule has 2 heterocycles. The Kier molecular flexibility index (Phi) is 5.47. The lowest BCUT2D eigenvalue weighted by atomic mass is 10.3. The molecule has 25 heavy (non-hydrogen) atoms. The van der Waals surface area contributed by atoms with Crippen LogP contribution in [0.4, 0.5) is 4.39 Å². The Labute approximate surface area is 146 Å². The van der Waals surface area contributed by atoms with E-state index in [1.165, 1.54) is 12.1 Å². The van der Waals surface area contributed by atoms with Crippen LogP contribution >= 0.6 is 0 Å². The molecule has 0 saturated heterocycles. The maximum absolute atomic E-state index is 13.2. The van der Waals surface area contributed by atoms with E-state index in [0.717, 1.165) is 31.0 Å². The third-order valence-electron chi connectivity index (χ3n) is 4.01. The molecule has 1 aromatic heterocycles. The first-order valence-corrected chi connectivity index (χ1v) is 8.43. The van der Waals surface area contributed by atoms with Crippen LogP contribution in [0.25, 0.3) is 0 Å². The predicted octanol–water partition coefficient (Wildman–Crippen LogP) is 1.50. The average Bonchev–Trinajstić information content (AvgIpc) is 3.19. The molecule has 3 rings (SSSR count). The topological polar surface area (TPSA) is 76.4 Å². The number of aliphatic imine (C=N–C) groups is 1. The molecule has 8 heteroatoms. The third-order valence-corrected chi connectivity index (χ3v) is 4.01. The lowest BCUT2D eigenvalue weighted by molar-refractivity contribution is 0.223. The van der Waals surface area contributed by atoms with E-state index < -0.39 is 0 Å². The highest BCUT2D eigenvalue weighted by Gasteiger charge is 2.17. The molecule has 2 aromatic rings. The molecular formula is C17H23FN6O. The summed E-state index contributed by atoms with van der Waals surface area (Å²) in [7, 11) is 1.71. The average molecular weight is 346 g/mol. The van der Waals surface area contributed by atoms with Crippen LogP contribution < -0.4 is 15.4 Å². The second-order valence-corrected chi connectivity index (χ2v) is 5.98. The summed E-state index contributed by atoms with van der Waals surface area (Å²) in [5.41, 5.74) is 0. The van der Waals surface area contributed by atoms with E-state index in [2.05, 4.69) is 30.4 Å². The quantitative estimate of drug-likeness (QED) is 0.612. The third kappa shape index (κ3) is 4.46. The van der Waals surface area contributed by atoms with Crippen LogP contribution in [0.5, 0.6) is 5.75 Å². The van der Waals surface area contributed by atoms with Crippen LogP contribution in [-0.4, -0.2) is 40.4 Å². The molecule has 0 fully saturated rings. The van der Waals surface area contributed by atoms with Gasteiger partial charge in [-0.05, 0) is 25.5 Å². The van der Waals surface area contributed by atoms with Gasteiger partial charge in [-0.2, -0.15) is 0 Å². The van der Waals surface area contributed by atoms with Gasteiger partial charge in [0.1, 0.15) is 23.5 Å². The highest BCUT2D eigenvalue weighted by molar-refractivity contribution is 5.79. The Balaban J connectivity index is 1.45. The monoisotopic (exact) mass is 346 g/mol. The minimum absolute atomic E-state index is 0.141. The van der Waals surface area contributed by atoms with E-state index in [1.807, 2.05) is 6.92 Å². The maximum atomic E-state index is 13.2. The Bertz CT molecular complexity index is 744. The Hall–Kier alpha value is -2.64. The van der Waals surface area contributed by atoms with Crippen LogP contribution in [0.2, 0.25) is 0 Å². The second-order valence-electron chi connectivity index (χ2n) is 5.98. The molecule has 2 N–H and O–H groups in total. The normalized spacial score (nSPS) is 14.9. The number of nitrogens with zero attached hydrogens (tertiary/aromatic N) is 4. The first-order valence-electron chi connectivity index (χ1n) is 8.43. The summed E-state index contributed by atoms with van der Waals surface area (Å²) in [5.74, 6) is 2.83. The molecular weight excluding hydrogens is 323 g/mol. The molecule has 134 valence electrons. The number of aryl methyl sites for hydroxylation is 1. The maximum Gasteiger partial charge on any atom is 0.191 e. The standard InChI is InChI=1S/C17H23FN6O/c1-12(25-14-6-3-5-13(18)9-14)10-20-17(19-2)21-11-16-23-22-15-7-4-8-24(15)16/h3,5-6,9,12H,4,7-8,10-11H2,1-2H3,(H2,19,20,21). The van der Waals surface area contributed by atoms with E-state index in [-0.39, 0.29) is 11.9 Å². The summed E-state index contributed by atoms with van der Waals surface area (Å²) in [4.78, 5) is 4.20. The highest BCUT2D eigenvalue weighted by atomic mass is 19.1. The van der Waals surface area contributed by atoms with Crippen molar-refractivity contribution in [3.63, 3.8) is 0 Å². The van der Waals surface area contributed by atoms with E-state index in [1.54, 1.807) is 19.2 Å². The van der Waals surface area contributed by atoms with E-state index >= 15 is 0 Å². The van der Waals surface area contributed by atoms with Gasteiger partial charge < -0.3 is 19.9 Å². The summed E-state index contributed by atoms with van der Waals surface area (Å²) >= 11 is 0. The lowest BCUT2D eigenvalue weighted by Crippen LogP contribution is -2.41. The summed E-state index contributed by atoms with van der Waals surface area (Å²) in [6, 6.07) is 6.12. The van der Waals surface area contributed by atoms with Crippen molar-refractivity contribution in [1.82, 2.24) is 25.4 Å². The molecule has 0 radical (unpaired) electrons. The van der Waals surface area contributed by atoms with Gasteiger partial charge in [0.25, 0.3) is 0 Å². The smallest absolute Gasteiger partial charge is 0.191 e. The van der Waals surface area contributed by atoms with Gasteiger partial charge in [-0.25, -0.2) is 4.39 Å². The zero-order valence-corrected chi connectivity index (χ0v) is 14.5. The predicted molar refractivity (Wildman–Crippen MR) is 93.0 cm³/mol. The Morgan fingerprint density at radius 2 is 2.28 bits per heavy atom. The summed E-state index contributed by atoms with van der Waals surface area (Å²) in [6.07, 6.45) is 1.98. The van der Waals surface area contributed by atoms with Gasteiger partial charge >= 0.3 is 0 Å². The largest absolute Gasteiger partial charge is 0.489 e. The highest BCUT2D eigenvalue weighted by Crippen LogP contribution is 2.14. The van der Waals surface area contributed by atoms with Crippen LogP contribution in [0.15, 0.2) is 29.3 Å². The van der Waals surface area contributed by atoms with Crippen molar-refractivity contribution in [3.05, 3.63) is 41.7 Å². The fraction of sp³-hybridized carbons (Fsp3) is 0.471. The Morgan fingerprint density at radius 3 is 3.08 bits per heavy atom. The fourth-order valence-electron chi connectivity index (χ4n) is 2.78. The van der Waals surface area contributed by atoms with Crippen LogP contribution in [0.1, 0.15) is 25.0 Å². The van der Waals surface area contributed by atoms with Crippen molar-refractivity contribution in [1.29, 1.82) is 0 Å². The first kappa shape index (κ1) is 17.2. The molecule has 1 aliphatic heterocycles. The molecule has 0 aliphatic carbocycles. The summed E-state index contributed by atoms with van der Waals surface area (Å²) < 4.78 is 21.0. The van der Waals surface area contributed by atoms with Gasteiger partial charge in [0.15, 0.2) is 11.8 Å². The number of aromatic nitrogens is 3. The number of rotatable bonds is 6. The number of guanidine groups is 1. The van der Waals surface area contributed by atoms with Crippen LogP contribution in [-0.2, 0) is 19.5 Å². The van der Waals surface area contributed by atoms with Crippen molar-refractivity contribution in [2.45, 2.75) is 39.0 Å². The van der Waals surface area contributed by atoms with Crippen LogP contribution in [0, 0.1) is 5.82 Å². The zero-order chi connectivity index (χ0) is 17.6. The molecule has 1 aromatic carbocycles. The van der Waals surface area contributed by atoms with E-state index in [4.69, 9.17) is 4.74 Å². The SMILES string of the molecule is CN=C(NCc1nnc2n1CCC2)NCC(C)Oc1cccc(F)c1. The molecule has 1 unspecified atom stereocenters. The number of hydrogen-bond donors (Lipinski definition) is 2. The number of benzene rings is 1. The molecule has 1 aliphatic rings. The molecule has 1 atom stereocenters. The van der Waals surface area contributed by atoms with E-state index in [9.17, 15) is 4.39 Å². The van der Waals surface area contributed by atoms with Gasteiger partial charge in [0.05, 0.1) is 13.1 Å². The summed E-state index contributed by atoms with van der Waals surface area (Å²) in [5, 5.41) is 14.8. The minimum Gasteiger partial charge on any atom is -0.489 e. The molecule has 0 spiro atoms. The molecule has 0 saturated carbocycles. The number of halogens is 1. The van der Waals surface area contributed by atoms with Gasteiger partial charge in [0.2, 0.25) is 0 Å². The van der Waals surface area contributed by atoms with Crippen molar-refractivity contribution >= 4 is 5.96 Å². The van der Waals surface area contributed by atoms with Gasteiger partial charge in [0, 0.05) is 26.1 Å². The molecule has 0 amide bonds. The van der Waals surface area contributed by atoms with Crippen molar-refractivity contribution in [3.8, 4) is 5.75 Å². The lowest BCUT2D eigenvalue weighted by Gasteiger charge is -2.17. The second kappa shape index (κ2) is 7.96. The molecule has 0 bridgehead atoms. The number of fused-ring (bicyclic) bond motifs is 1. The van der Waals surface area contributed by atoms with Crippen molar-refractivity contribution in [2.24, 2.45) is 4.99 Å². The van der Waals surface area contributed by atoms with Gasteiger partial charge in [-0.1, -0.05) is 6.07 Å². The van der Waals surface area contributed by atoms with Gasteiger partial charge in [-0.15, -0.1) is 10.2 Å². The van der Waals surface area contributed by atoms with Crippen LogP contribution in [0.3, 0.4) is 0 Å². The summed E-state index contributed by atoms with van der Waals surface area (Å²) in [6.45, 7) is 3.99. The molecule has 7 nitrogen and oxygen atoms in total. The number of hydrogen-bond acceptors (Lipinski definition) is 4. The first-order chi connectivity index (χ1) is 12.2. The van der Waals surface area contributed by atoms with Crippen molar-refractivity contribution in [2.75, 3.05) is 13.6 Å². The van der Waals surface area contributed by atoms with E-state index in [0.29, 0.717) is 24.8 Å². The minimum atomic E-state index is -0.309. The number of nitrogens with one attached hydrogen (secondary N) is 2. The van der Waals surface area contributed by atoms with Crippen molar-refractivity contribution < 1.29 is 9.13 Å². The fourth-order valence-corrected chi connectivity index (χ4v) is 2.78. The number of ether oxygens (including phenoxy) is 1. The Morgan fingerprint density at radius 1 is 1.40 bits per heavy atom. The van der Waals surface area contributed by atoms with Gasteiger partial charge in [-0.3, -0.25) is 4.99 Å². The zero-order valence-electron chi connectivity index (χ0n) is 14.5.